The Labute approximate surface area is 194 Å². The highest BCUT2D eigenvalue weighted by Gasteiger charge is 2.35. The number of amides is 1. The molecule has 1 aliphatic rings. The monoisotopic (exact) mass is 446 g/mol. The van der Waals surface area contributed by atoms with Crippen LogP contribution >= 0.6 is 0 Å². The Kier molecular flexibility index (Phi) is 6.58. The van der Waals surface area contributed by atoms with Gasteiger partial charge >= 0.3 is 0 Å². The largest absolute Gasteiger partial charge is 0.487 e. The third-order valence-electron chi connectivity index (χ3n) is 5.90. The van der Waals surface area contributed by atoms with E-state index in [1.165, 1.54) is 5.56 Å². The van der Waals surface area contributed by atoms with Crippen LogP contribution in [0.25, 0.3) is 0 Å². The van der Waals surface area contributed by atoms with Crippen molar-refractivity contribution in [1.82, 2.24) is 15.0 Å². The summed E-state index contributed by atoms with van der Waals surface area (Å²) < 4.78 is 7.84. The first-order chi connectivity index (χ1) is 15.8. The van der Waals surface area contributed by atoms with E-state index in [1.54, 1.807) is 15.6 Å². The third-order valence-corrected chi connectivity index (χ3v) is 5.90. The van der Waals surface area contributed by atoms with Gasteiger partial charge in [0.2, 0.25) is 0 Å². The summed E-state index contributed by atoms with van der Waals surface area (Å²) in [6.45, 7) is 9.84. The fraction of sp³-hybridized carbons (Fsp3) is 0.385. The van der Waals surface area contributed by atoms with Crippen LogP contribution < -0.4 is 9.64 Å². The van der Waals surface area contributed by atoms with Crippen molar-refractivity contribution in [3.8, 4) is 5.75 Å². The van der Waals surface area contributed by atoms with Crippen LogP contribution in [-0.2, 0) is 17.9 Å². The van der Waals surface area contributed by atoms with Crippen LogP contribution in [0.1, 0.15) is 65.3 Å². The normalized spacial score (nSPS) is 13.2. The molecule has 1 aliphatic heterocycles. The summed E-state index contributed by atoms with van der Waals surface area (Å²) in [5.41, 5.74) is 5.32. The summed E-state index contributed by atoms with van der Waals surface area (Å²) in [6, 6.07) is 11.8. The van der Waals surface area contributed by atoms with Gasteiger partial charge in [-0.15, -0.1) is 5.10 Å². The van der Waals surface area contributed by atoms with E-state index in [4.69, 9.17) is 4.74 Å². The molecule has 0 aliphatic carbocycles. The quantitative estimate of drug-likeness (QED) is 0.354. The Morgan fingerprint density at radius 2 is 1.70 bits per heavy atom. The average molecular weight is 447 g/mol. The maximum absolute atomic E-state index is 12.4. The maximum Gasteiger partial charge on any atom is 0.299 e. The number of ketones is 1. The van der Waals surface area contributed by atoms with E-state index in [-0.39, 0.29) is 0 Å². The standard InChI is InChI=1S/C26H30N4O3/c1-17(2)21-9-7-19(4)14-24(21)33-16-20-15-29(28-27-20)11-5-6-12-30-23-10-8-18(3)13-22(23)25(31)26(30)32/h7-10,13-15,17H,5-6,11-12,16H2,1-4H3. The molecule has 7 nitrogen and oxygen atoms in total. The molecule has 2 heterocycles. The molecule has 0 spiro atoms. The van der Waals surface area contributed by atoms with E-state index in [9.17, 15) is 9.59 Å². The van der Waals surface area contributed by atoms with Gasteiger partial charge in [-0.05, 0) is 61.9 Å². The number of Topliss-reactive ketones (excluding diaryl/α,β-unsaturated/α-hetero) is 1. The molecule has 4 rings (SSSR count). The number of fused-ring (bicyclic) bond motifs is 1. The van der Waals surface area contributed by atoms with Gasteiger partial charge < -0.3 is 9.64 Å². The Balaban J connectivity index is 1.28. The molecule has 0 fully saturated rings. The number of aryl methyl sites for hydroxylation is 3. The molecular formula is C26H30N4O3. The number of carbonyl (C=O) groups is 2. The molecule has 7 heteroatoms. The fourth-order valence-corrected chi connectivity index (χ4v) is 4.09. The van der Waals surface area contributed by atoms with Crippen molar-refractivity contribution >= 4 is 17.4 Å². The zero-order chi connectivity index (χ0) is 23.5. The topological polar surface area (TPSA) is 77.3 Å². The lowest BCUT2D eigenvalue weighted by Gasteiger charge is -2.16. The van der Waals surface area contributed by atoms with Crippen molar-refractivity contribution in [1.29, 1.82) is 0 Å². The fourth-order valence-electron chi connectivity index (χ4n) is 4.09. The minimum Gasteiger partial charge on any atom is -0.487 e. The van der Waals surface area contributed by atoms with E-state index in [1.807, 2.05) is 25.3 Å². The number of anilines is 1. The molecule has 1 aromatic heterocycles. The van der Waals surface area contributed by atoms with Crippen LogP contribution in [0.2, 0.25) is 0 Å². The van der Waals surface area contributed by atoms with Crippen LogP contribution in [0, 0.1) is 13.8 Å². The molecule has 0 saturated carbocycles. The van der Waals surface area contributed by atoms with Crippen molar-refractivity contribution in [2.45, 2.75) is 59.6 Å². The van der Waals surface area contributed by atoms with Crippen molar-refractivity contribution < 1.29 is 14.3 Å². The van der Waals surface area contributed by atoms with E-state index in [0.29, 0.717) is 36.9 Å². The van der Waals surface area contributed by atoms with Gasteiger partial charge in [0, 0.05) is 13.1 Å². The number of ether oxygens (including phenoxy) is 1. The van der Waals surface area contributed by atoms with E-state index in [2.05, 4.69) is 49.3 Å². The molecule has 0 radical (unpaired) electrons. The van der Waals surface area contributed by atoms with Crippen LogP contribution in [-0.4, -0.2) is 33.2 Å². The number of hydrogen-bond donors (Lipinski definition) is 0. The number of benzene rings is 2. The second-order valence-electron chi connectivity index (χ2n) is 8.97. The summed E-state index contributed by atoms with van der Waals surface area (Å²) in [6.07, 6.45) is 3.48. The summed E-state index contributed by atoms with van der Waals surface area (Å²) in [5, 5.41) is 8.42. The Bertz CT molecular complexity index is 1180. The first-order valence-electron chi connectivity index (χ1n) is 11.4. The predicted octanol–water partition coefficient (Wildman–Crippen LogP) is 4.61. The number of unbranched alkanes of at least 4 members (excludes halogenated alkanes) is 1. The lowest BCUT2D eigenvalue weighted by Crippen LogP contribution is -2.30. The van der Waals surface area contributed by atoms with Gasteiger partial charge in [-0.2, -0.15) is 0 Å². The van der Waals surface area contributed by atoms with E-state index < -0.39 is 11.7 Å². The van der Waals surface area contributed by atoms with Crippen LogP contribution in [0.4, 0.5) is 5.69 Å². The molecule has 33 heavy (non-hydrogen) atoms. The van der Waals surface area contributed by atoms with Crippen molar-refractivity contribution in [3.05, 3.63) is 70.5 Å². The molecule has 0 N–H and O–H groups in total. The summed E-state index contributed by atoms with van der Waals surface area (Å²) in [7, 11) is 0. The van der Waals surface area contributed by atoms with E-state index in [0.717, 1.165) is 35.4 Å². The molecule has 172 valence electrons. The van der Waals surface area contributed by atoms with Crippen molar-refractivity contribution in [3.63, 3.8) is 0 Å². The molecule has 3 aromatic rings. The SMILES string of the molecule is Cc1ccc(C(C)C)c(OCc2cn(CCCCN3C(=O)C(=O)c4cc(C)ccc43)nn2)c1. The Morgan fingerprint density at radius 3 is 2.48 bits per heavy atom. The number of aromatic nitrogens is 3. The van der Waals surface area contributed by atoms with Gasteiger partial charge in [0.1, 0.15) is 18.1 Å². The number of carbonyl (C=O) groups excluding carboxylic acids is 2. The van der Waals surface area contributed by atoms with Gasteiger partial charge in [-0.1, -0.05) is 42.8 Å². The first-order valence-corrected chi connectivity index (χ1v) is 11.4. The minimum atomic E-state index is -0.437. The minimum absolute atomic E-state index is 0.365. The van der Waals surface area contributed by atoms with Gasteiger partial charge in [-0.25, -0.2) is 0 Å². The molecular weight excluding hydrogens is 416 g/mol. The molecule has 1 amide bonds. The van der Waals surface area contributed by atoms with Crippen LogP contribution in [0.15, 0.2) is 42.6 Å². The number of nitrogens with zero attached hydrogens (tertiary/aromatic N) is 4. The molecule has 2 aromatic carbocycles. The molecule has 0 atom stereocenters. The summed E-state index contributed by atoms with van der Waals surface area (Å²) in [5.74, 6) is 0.418. The lowest BCUT2D eigenvalue weighted by atomic mass is 10.0. The second-order valence-corrected chi connectivity index (χ2v) is 8.97. The zero-order valence-electron chi connectivity index (χ0n) is 19.7. The van der Waals surface area contributed by atoms with Gasteiger partial charge in [0.15, 0.2) is 0 Å². The Hall–Kier alpha value is -3.48. The van der Waals surface area contributed by atoms with Crippen molar-refractivity contribution in [2.24, 2.45) is 0 Å². The summed E-state index contributed by atoms with van der Waals surface area (Å²) in [4.78, 5) is 26.2. The second kappa shape index (κ2) is 9.57. The van der Waals surface area contributed by atoms with Gasteiger partial charge in [0.05, 0.1) is 17.4 Å². The predicted molar refractivity (Wildman–Crippen MR) is 127 cm³/mol. The number of rotatable bonds is 9. The maximum atomic E-state index is 12.4. The van der Waals surface area contributed by atoms with Crippen molar-refractivity contribution in [2.75, 3.05) is 11.4 Å². The average Bonchev–Trinajstić information content (AvgIpc) is 3.33. The Morgan fingerprint density at radius 1 is 0.970 bits per heavy atom. The van der Waals surface area contributed by atoms with Gasteiger partial charge in [-0.3, -0.25) is 14.3 Å². The zero-order valence-corrected chi connectivity index (χ0v) is 19.7. The van der Waals surface area contributed by atoms with Gasteiger partial charge in [0.25, 0.3) is 11.7 Å². The highest BCUT2D eigenvalue weighted by atomic mass is 16.5. The van der Waals surface area contributed by atoms with Crippen LogP contribution in [0.3, 0.4) is 0 Å². The highest BCUT2D eigenvalue weighted by molar-refractivity contribution is 6.52. The molecule has 0 saturated heterocycles. The summed E-state index contributed by atoms with van der Waals surface area (Å²) >= 11 is 0. The smallest absolute Gasteiger partial charge is 0.299 e. The number of hydrogen-bond acceptors (Lipinski definition) is 5. The first kappa shape index (κ1) is 22.7. The van der Waals surface area contributed by atoms with Crippen LogP contribution in [0.5, 0.6) is 5.75 Å². The molecule has 0 bridgehead atoms. The third kappa shape index (κ3) is 4.97. The molecule has 0 unspecified atom stereocenters. The van der Waals surface area contributed by atoms with E-state index >= 15 is 0 Å². The lowest BCUT2D eigenvalue weighted by molar-refractivity contribution is -0.114. The highest BCUT2D eigenvalue weighted by Crippen LogP contribution is 2.30.